The van der Waals surface area contributed by atoms with Crippen LogP contribution in [0.3, 0.4) is 0 Å². The lowest BCUT2D eigenvalue weighted by Crippen LogP contribution is -2.33. The highest BCUT2D eigenvalue weighted by Crippen LogP contribution is 2.27. The number of methoxy groups -OCH3 is 2. The number of pyridine rings is 1. The van der Waals surface area contributed by atoms with E-state index in [1.165, 1.54) is 0 Å². The maximum atomic E-state index is 5.58. The number of allylic oxidation sites excluding steroid dienone is 4. The molecule has 0 atom stereocenters. The summed E-state index contributed by atoms with van der Waals surface area (Å²) in [6.07, 6.45) is 18.2. The van der Waals surface area contributed by atoms with Crippen molar-refractivity contribution < 1.29 is 14.0 Å². The van der Waals surface area contributed by atoms with E-state index < -0.39 is 0 Å². The number of hydrogen-bond acceptors (Lipinski definition) is 7. The molecule has 0 fully saturated rings. The molecule has 1 aromatic heterocycles. The van der Waals surface area contributed by atoms with Crippen LogP contribution in [0.5, 0.6) is 11.5 Å². The molecule has 0 saturated heterocycles. The first-order valence-electron chi connectivity index (χ1n) is 14.5. The van der Waals surface area contributed by atoms with E-state index in [1.807, 2.05) is 86.4 Å². The lowest BCUT2D eigenvalue weighted by molar-refractivity contribution is -0.692. The molecule has 2 aromatic carbocycles. The van der Waals surface area contributed by atoms with Gasteiger partial charge in [0, 0.05) is 93.5 Å². The normalized spacial score (nSPS) is 11.9. The molecule has 6 nitrogen and oxygen atoms in total. The molecule has 8 heteroatoms. The van der Waals surface area contributed by atoms with Crippen molar-refractivity contribution in [2.75, 3.05) is 70.3 Å². The number of nitrogens with zero attached hydrogens (tertiary/aromatic N) is 4. The molecular weight excluding hydrogens is 585 g/mol. The van der Waals surface area contributed by atoms with E-state index in [0.29, 0.717) is 0 Å². The van der Waals surface area contributed by atoms with Crippen molar-refractivity contribution >= 4 is 57.4 Å². The average molecular weight is 630 g/mol. The molecule has 0 amide bonds. The Hall–Kier alpha value is -3.88. The Bertz CT molecular complexity index is 1460. The van der Waals surface area contributed by atoms with Crippen LogP contribution in [0.15, 0.2) is 96.3 Å². The lowest BCUT2D eigenvalue weighted by atomic mass is 10.1. The summed E-state index contributed by atoms with van der Waals surface area (Å²) in [6, 6.07) is 16.7. The maximum Gasteiger partial charge on any atom is 0.169 e. The Morgan fingerprint density at radius 1 is 0.818 bits per heavy atom. The molecule has 0 spiro atoms. The molecule has 0 aliphatic carbocycles. The van der Waals surface area contributed by atoms with Gasteiger partial charge in [-0.1, -0.05) is 58.5 Å². The predicted octanol–water partition coefficient (Wildman–Crippen LogP) is 7.57. The molecule has 44 heavy (non-hydrogen) atoms. The van der Waals surface area contributed by atoms with Crippen molar-refractivity contribution in [1.29, 1.82) is 0 Å². The van der Waals surface area contributed by atoms with E-state index in [1.54, 1.807) is 14.2 Å². The quantitative estimate of drug-likeness (QED) is 0.0505. The van der Waals surface area contributed by atoms with E-state index in [4.69, 9.17) is 9.47 Å². The topological polar surface area (TPSA) is 41.2 Å². The molecule has 0 aliphatic heterocycles. The van der Waals surface area contributed by atoms with E-state index in [-0.39, 0.29) is 0 Å². The molecule has 0 N–H and O–H groups in total. The van der Waals surface area contributed by atoms with Crippen molar-refractivity contribution in [3.63, 3.8) is 0 Å². The van der Waals surface area contributed by atoms with Gasteiger partial charge in [-0.25, -0.2) is 4.57 Å². The second-order valence-corrected chi connectivity index (χ2v) is 12.9. The minimum atomic E-state index is 0.777. The van der Waals surface area contributed by atoms with Gasteiger partial charge in [-0.3, -0.25) is 4.99 Å². The minimum Gasteiger partial charge on any atom is -0.496 e. The van der Waals surface area contributed by atoms with E-state index in [2.05, 4.69) is 92.9 Å². The molecule has 0 radical (unpaired) electrons. The fourth-order valence-electron chi connectivity index (χ4n) is 4.09. The van der Waals surface area contributed by atoms with Gasteiger partial charge in [-0.15, -0.1) is 0 Å². The number of aryl methyl sites for hydroxylation is 1. The third kappa shape index (κ3) is 11.3. The molecule has 0 unspecified atom stereocenters. The molecule has 3 aromatic rings. The number of rotatable bonds is 17. The molecule has 3 rings (SSSR count). The monoisotopic (exact) mass is 629 g/mol. The van der Waals surface area contributed by atoms with Crippen LogP contribution in [0.4, 0.5) is 11.4 Å². The van der Waals surface area contributed by atoms with Gasteiger partial charge in [0.1, 0.15) is 11.5 Å². The van der Waals surface area contributed by atoms with Gasteiger partial charge < -0.3 is 19.3 Å². The number of hydrogen-bond donors (Lipinski definition) is 0. The fourth-order valence-corrected chi connectivity index (χ4v) is 5.94. The zero-order chi connectivity index (χ0) is 31.7. The Balaban J connectivity index is 1.37. The third-order valence-electron chi connectivity index (χ3n) is 6.72. The Morgan fingerprint density at radius 3 is 1.98 bits per heavy atom. The van der Waals surface area contributed by atoms with Crippen molar-refractivity contribution in [3.05, 3.63) is 108 Å². The highest BCUT2D eigenvalue weighted by molar-refractivity contribution is 8.76. The first kappa shape index (κ1) is 34.6. The first-order valence-corrected chi connectivity index (χ1v) is 17.0. The first-order chi connectivity index (χ1) is 21.3. The van der Waals surface area contributed by atoms with Crippen LogP contribution < -0.4 is 23.8 Å². The van der Waals surface area contributed by atoms with E-state index in [9.17, 15) is 0 Å². The van der Waals surface area contributed by atoms with Gasteiger partial charge in [0.25, 0.3) is 0 Å². The molecule has 0 saturated carbocycles. The Labute approximate surface area is 271 Å². The van der Waals surface area contributed by atoms with Gasteiger partial charge in [0.15, 0.2) is 18.9 Å². The number of aliphatic imine (C=N–C) groups is 1. The summed E-state index contributed by atoms with van der Waals surface area (Å²) in [4.78, 5) is 8.66. The average Bonchev–Trinajstić information content (AvgIpc) is 3.04. The van der Waals surface area contributed by atoms with Gasteiger partial charge in [0.05, 0.1) is 20.0 Å². The summed E-state index contributed by atoms with van der Waals surface area (Å²) >= 11 is 0. The van der Waals surface area contributed by atoms with Gasteiger partial charge in [-0.05, 0) is 41.5 Å². The molecule has 0 aliphatic rings. The van der Waals surface area contributed by atoms with Crippen LogP contribution in [-0.2, 0) is 6.54 Å². The zero-order valence-electron chi connectivity index (χ0n) is 26.8. The number of benzene rings is 2. The van der Waals surface area contributed by atoms with Gasteiger partial charge in [-0.2, -0.15) is 0 Å². The summed E-state index contributed by atoms with van der Waals surface area (Å²) in [5.41, 5.74) is 6.44. The van der Waals surface area contributed by atoms with Crippen LogP contribution in [0, 0.1) is 0 Å². The maximum absolute atomic E-state index is 5.58. The summed E-state index contributed by atoms with van der Waals surface area (Å²) in [6.45, 7) is 5.67. The third-order valence-corrected chi connectivity index (χ3v) is 9.09. The number of ether oxygens (including phenoxy) is 2. The summed E-state index contributed by atoms with van der Waals surface area (Å²) in [7, 11) is 15.2. The summed E-state index contributed by atoms with van der Waals surface area (Å²) < 4.78 is 13.4. The summed E-state index contributed by atoms with van der Waals surface area (Å²) in [5.74, 6) is 3.71. The van der Waals surface area contributed by atoms with Gasteiger partial charge in [0.2, 0.25) is 0 Å². The van der Waals surface area contributed by atoms with Crippen molar-refractivity contribution in [1.82, 2.24) is 0 Å². The second kappa shape index (κ2) is 18.7. The lowest BCUT2D eigenvalue weighted by Gasteiger charge is -2.14. The standard InChI is InChI=1S/C36H45N4O2S2/c1-8-29(9-11-31-13-15-33(38(2)3)27-35(31)41-6)17-20-37-21-25-43-44-26-24-40-22-18-30(19-23-40)10-12-32-14-16-34(39(4)5)28-36(32)42-7/h8-20,22-23,27-28H,1,21,24-26H2,2-7H3/q+1. The Kier molecular flexibility index (Phi) is 14.7. The Morgan fingerprint density at radius 2 is 1.41 bits per heavy atom. The second-order valence-electron chi connectivity index (χ2n) is 10.2. The van der Waals surface area contributed by atoms with Crippen molar-refractivity contribution in [3.8, 4) is 11.5 Å². The fraction of sp³-hybridized carbons (Fsp3) is 0.278. The molecule has 232 valence electrons. The van der Waals surface area contributed by atoms with Crippen LogP contribution in [-0.4, -0.2) is 66.7 Å². The van der Waals surface area contributed by atoms with Crippen LogP contribution >= 0.6 is 21.6 Å². The van der Waals surface area contributed by atoms with Crippen LogP contribution in [0.25, 0.3) is 18.2 Å². The molecular formula is C36H45N4O2S2+. The SMILES string of the molecule is C=CC(C=Cc1ccc(N(C)C)cc1OC)=CC=NCCSSCC[n+]1ccc(C=Cc2ccc(N(C)C)cc2OC)cc1. The minimum absolute atomic E-state index is 0.777. The predicted molar refractivity (Wildman–Crippen MR) is 196 cm³/mol. The van der Waals surface area contributed by atoms with E-state index in [0.717, 1.165) is 69.7 Å². The number of aromatic nitrogens is 1. The van der Waals surface area contributed by atoms with Crippen molar-refractivity contribution in [2.45, 2.75) is 6.54 Å². The van der Waals surface area contributed by atoms with Crippen molar-refractivity contribution in [2.24, 2.45) is 4.99 Å². The number of anilines is 2. The highest BCUT2D eigenvalue weighted by Gasteiger charge is 2.05. The van der Waals surface area contributed by atoms with Crippen LogP contribution in [0.1, 0.15) is 16.7 Å². The summed E-state index contributed by atoms with van der Waals surface area (Å²) in [5, 5.41) is 0. The molecule has 1 heterocycles. The largest absolute Gasteiger partial charge is 0.496 e. The van der Waals surface area contributed by atoms with E-state index >= 15 is 0 Å². The van der Waals surface area contributed by atoms with Gasteiger partial charge >= 0.3 is 0 Å². The highest BCUT2D eigenvalue weighted by atomic mass is 33.1. The molecule has 0 bridgehead atoms. The zero-order valence-corrected chi connectivity index (χ0v) is 28.4. The van der Waals surface area contributed by atoms with Crippen LogP contribution in [0.2, 0.25) is 0 Å². The smallest absolute Gasteiger partial charge is 0.169 e.